The van der Waals surface area contributed by atoms with Gasteiger partial charge in [0.2, 0.25) is 47.3 Å². The number of likely N-dealkylation sites (tertiary alicyclic amines) is 3. The quantitative estimate of drug-likeness (QED) is 0.0204. The molecule has 0 bridgehead atoms. The van der Waals surface area contributed by atoms with Crippen molar-refractivity contribution in [1.29, 1.82) is 0 Å². The van der Waals surface area contributed by atoms with E-state index >= 15 is 0 Å². The number of primary amides is 2. The average molecular weight is 1420 g/mol. The van der Waals surface area contributed by atoms with Crippen LogP contribution in [-0.2, 0) is 84.9 Å². The molecule has 1 aromatic rings. The molecule has 3 aliphatic rings. The Bertz CT molecular complexity index is 2980. The van der Waals surface area contributed by atoms with Gasteiger partial charge in [-0.3, -0.25) is 77.0 Å². The van der Waals surface area contributed by atoms with Crippen LogP contribution in [0.1, 0.15) is 236 Å². The van der Waals surface area contributed by atoms with Crippen LogP contribution in [0.25, 0.3) is 0 Å². The number of benzene rings is 1. The van der Waals surface area contributed by atoms with E-state index in [-0.39, 0.29) is 188 Å². The van der Waals surface area contributed by atoms with Crippen LogP contribution in [0.2, 0.25) is 0 Å². The highest BCUT2D eigenvalue weighted by Gasteiger charge is 2.42. The fourth-order valence-corrected chi connectivity index (χ4v) is 12.3. The number of nitrogens with zero attached hydrogens (tertiary/aromatic N) is 3. The van der Waals surface area contributed by atoms with Crippen LogP contribution >= 0.6 is 0 Å². The number of hydrogen-bond donors (Lipinski definition) is 6. The zero-order valence-electron chi connectivity index (χ0n) is 62.5. The van der Waals surface area contributed by atoms with Gasteiger partial charge in [-0.15, -0.1) is 0 Å². The Hall–Kier alpha value is -8.06. The summed E-state index contributed by atoms with van der Waals surface area (Å²) >= 11 is 0. The number of ether oxygens (including phenoxy) is 1. The molecule has 0 spiro atoms. The summed E-state index contributed by atoms with van der Waals surface area (Å²) in [7, 11) is 0. The van der Waals surface area contributed by atoms with Crippen molar-refractivity contribution in [3.8, 4) is 0 Å². The highest BCUT2D eigenvalue weighted by Crippen LogP contribution is 2.30. The average Bonchev–Trinajstić information content (AvgIpc) is 1.71. The zero-order chi connectivity index (χ0) is 76.2. The molecule has 4 rings (SSSR count). The van der Waals surface area contributed by atoms with E-state index in [4.69, 9.17) is 16.2 Å². The van der Waals surface area contributed by atoms with Crippen LogP contribution in [-0.4, -0.2) is 154 Å². The van der Waals surface area contributed by atoms with E-state index in [1.807, 2.05) is 69.2 Å². The van der Waals surface area contributed by atoms with Gasteiger partial charge >= 0.3 is 18.0 Å². The number of Topliss-reactive ketones (excluding diaryl/α,β-unsaturated/α-hetero) is 5. The van der Waals surface area contributed by atoms with E-state index in [2.05, 4.69) is 21.3 Å². The third-order valence-electron chi connectivity index (χ3n) is 18.8. The number of nitrogens with two attached hydrogens (primary N) is 2. The summed E-state index contributed by atoms with van der Waals surface area (Å²) in [4.78, 5) is 198. The third kappa shape index (κ3) is 33.5. The van der Waals surface area contributed by atoms with Gasteiger partial charge in [-0.1, -0.05) is 113 Å². The van der Waals surface area contributed by atoms with Crippen molar-refractivity contribution in [2.24, 2.45) is 70.6 Å². The third-order valence-corrected chi connectivity index (χ3v) is 18.8. The monoisotopic (exact) mass is 1420 g/mol. The molecule has 26 nitrogen and oxygen atoms in total. The zero-order valence-corrected chi connectivity index (χ0v) is 62.5. The molecule has 0 radical (unpaired) electrons. The Morgan fingerprint density at radius 3 is 1.13 bits per heavy atom. The van der Waals surface area contributed by atoms with Crippen molar-refractivity contribution in [3.63, 3.8) is 0 Å². The highest BCUT2D eigenvalue weighted by atomic mass is 16.5. The number of carbonyl (C=O) groups excluding carboxylic acids is 16. The summed E-state index contributed by atoms with van der Waals surface area (Å²) in [6.45, 7) is 25.4. The van der Waals surface area contributed by atoms with Crippen LogP contribution in [0.3, 0.4) is 0 Å². The number of unbranched alkanes of at least 4 members (excludes halogenated alkanes) is 6. The molecule has 0 aromatic heterocycles. The van der Waals surface area contributed by atoms with Crippen molar-refractivity contribution >= 4 is 94.2 Å². The first-order valence-electron chi connectivity index (χ1n) is 36.4. The molecule has 26 heteroatoms. The lowest BCUT2D eigenvalue weighted by atomic mass is 9.88. The van der Waals surface area contributed by atoms with E-state index in [1.54, 1.807) is 31.2 Å². The lowest BCUT2D eigenvalue weighted by Gasteiger charge is -2.24. The molecule has 12 amide bonds. The number of esters is 1. The largest absolute Gasteiger partial charge is 0.461 e. The topological polar surface area (TPSA) is 392 Å². The molecule has 8 N–H and O–H groups in total. The number of ketones is 5. The minimum absolute atomic E-state index is 0.0124. The first-order chi connectivity index (χ1) is 47.5. The molecule has 1 aromatic carbocycles. The molecule has 7 atom stereocenters. The maximum atomic E-state index is 13.4. The van der Waals surface area contributed by atoms with E-state index in [0.717, 1.165) is 30.4 Å². The second-order valence-corrected chi connectivity index (χ2v) is 29.0. The maximum Gasteiger partial charge on any atom is 0.312 e. The maximum absolute atomic E-state index is 13.4. The number of hydrogen-bond acceptors (Lipinski definition) is 17. The van der Waals surface area contributed by atoms with Crippen LogP contribution in [0.15, 0.2) is 24.3 Å². The van der Waals surface area contributed by atoms with Crippen molar-refractivity contribution in [1.82, 2.24) is 36.0 Å². The van der Waals surface area contributed by atoms with Gasteiger partial charge in [-0.25, -0.2) is 9.59 Å². The van der Waals surface area contributed by atoms with Gasteiger partial charge in [0.1, 0.15) is 24.0 Å². The van der Waals surface area contributed by atoms with Gasteiger partial charge in [-0.2, -0.15) is 0 Å². The van der Waals surface area contributed by atoms with E-state index < -0.39 is 36.0 Å². The predicted octanol–water partition coefficient (Wildman–Crippen LogP) is 8.12. The molecular formula is C75H119N9O17. The number of nitrogens with one attached hydrogen (secondary N) is 4. The summed E-state index contributed by atoms with van der Waals surface area (Å²) in [6.07, 6.45) is 10.2. The molecule has 0 saturated carbocycles. The Kier molecular flexibility index (Phi) is 40.9. The first-order valence-corrected chi connectivity index (χ1v) is 36.4. The summed E-state index contributed by atoms with van der Waals surface area (Å²) < 4.78 is 5.00. The highest BCUT2D eigenvalue weighted by molar-refractivity contribution is 6.05. The van der Waals surface area contributed by atoms with Crippen LogP contribution < -0.4 is 32.7 Å². The van der Waals surface area contributed by atoms with Gasteiger partial charge in [0, 0.05) is 127 Å². The minimum atomic E-state index is -0.833. The fourth-order valence-electron chi connectivity index (χ4n) is 12.3. The predicted molar refractivity (Wildman–Crippen MR) is 380 cm³/mol. The molecule has 566 valence electrons. The normalized spacial score (nSPS) is 17.2. The van der Waals surface area contributed by atoms with Crippen molar-refractivity contribution in [2.75, 3.05) is 32.7 Å². The standard InChI is InChI=1S/C35H52N4O8.C26H44N4O6.C14H23NO3/c1-22(2)28(19-27(41)10-7-6-8-17-39-32(43)20-29(23(3)4)34(39)45)33(44)38-30(11-9-16-37-35(36)46)31(42)18-25-12-14-26(15-13-25)21-47-24(5)40;1-16(2)20(24(34)29-22(18(5)31)11-9-12-28-26(27)36)14-19(32)10-7-6-8-13-30-23(33)15-21(17(3)4)25(30)35;1-10(2)12-9-13(17)15(14(12)18)8-6-4-5-7-11(3)16/h12-15,22-23,28-30H,6-11,16-21H2,1-5H3,(H,38,44)(H3,36,37,46);16-17,20-22H,6-15H2,1-5H3,(H,29,34)(H3,27,28,36);10,12H,4-9H2,1-3H3/t28-,29?,30-;20-,21?,22-;/m00./s1. The Morgan fingerprint density at radius 2 is 0.812 bits per heavy atom. The Balaban J connectivity index is 0.000000564. The number of amides is 12. The molecule has 3 aliphatic heterocycles. The Labute approximate surface area is 597 Å². The smallest absolute Gasteiger partial charge is 0.312 e. The first kappa shape index (κ1) is 89.0. The van der Waals surface area contributed by atoms with E-state index in [9.17, 15) is 76.7 Å². The summed E-state index contributed by atoms with van der Waals surface area (Å²) in [6, 6.07) is 4.23. The van der Waals surface area contributed by atoms with Gasteiger partial charge in [0.15, 0.2) is 11.6 Å². The van der Waals surface area contributed by atoms with Gasteiger partial charge < -0.3 is 42.3 Å². The summed E-state index contributed by atoms with van der Waals surface area (Å²) in [5.41, 5.74) is 11.7. The van der Waals surface area contributed by atoms with Crippen molar-refractivity contribution in [2.45, 2.75) is 250 Å². The summed E-state index contributed by atoms with van der Waals surface area (Å²) in [5.74, 6) is -3.43. The number of urea groups is 2. The van der Waals surface area contributed by atoms with Crippen LogP contribution in [0, 0.1) is 59.2 Å². The molecule has 3 saturated heterocycles. The second kappa shape index (κ2) is 46.5. The SMILES string of the molecule is CC(=O)CCCCCN1C(=O)CC(C(C)C)C1=O.CC(=O)OCc1ccc(CC(=O)[C@H](CCCNC(N)=O)NC(=O)[C@@H](CC(=O)CCCCCN2C(=O)CC(C(C)C)C2=O)C(C)C)cc1.CC(=O)[C@H](CCCNC(N)=O)NC(=O)[C@@H](CC(=O)CCCCCN1C(=O)CC(C(C)C)C1=O)C(C)C. The molecular weight excluding hydrogens is 1300 g/mol. The van der Waals surface area contributed by atoms with Crippen LogP contribution in [0.5, 0.6) is 0 Å². The van der Waals surface area contributed by atoms with E-state index in [0.29, 0.717) is 103 Å². The molecule has 3 fully saturated rings. The molecule has 3 unspecified atom stereocenters. The van der Waals surface area contributed by atoms with Gasteiger partial charge in [0.25, 0.3) is 0 Å². The van der Waals surface area contributed by atoms with Gasteiger partial charge in [0.05, 0.1) is 12.1 Å². The second-order valence-electron chi connectivity index (χ2n) is 29.0. The van der Waals surface area contributed by atoms with Crippen molar-refractivity contribution < 1.29 is 81.4 Å². The molecule has 0 aliphatic carbocycles. The lowest BCUT2D eigenvalue weighted by Crippen LogP contribution is -2.46. The minimum Gasteiger partial charge on any atom is -0.461 e. The molecule has 3 heterocycles. The lowest BCUT2D eigenvalue weighted by molar-refractivity contribution is -0.142. The molecule has 101 heavy (non-hydrogen) atoms. The number of imide groups is 3. The summed E-state index contributed by atoms with van der Waals surface area (Å²) in [5, 5.41) is 10.6. The Morgan fingerprint density at radius 1 is 0.465 bits per heavy atom. The number of carbonyl (C=O) groups is 16. The van der Waals surface area contributed by atoms with E-state index in [1.165, 1.54) is 28.5 Å². The van der Waals surface area contributed by atoms with Crippen LogP contribution in [0.4, 0.5) is 9.59 Å². The fraction of sp³-hybridized carbons (Fsp3) is 0.707. The van der Waals surface area contributed by atoms with Gasteiger partial charge in [-0.05, 0) is 119 Å². The number of rotatable bonds is 45. The van der Waals surface area contributed by atoms with Crippen molar-refractivity contribution in [3.05, 3.63) is 35.4 Å².